The molecule has 80 valence electrons. The Kier molecular flexibility index (Phi) is 2.63. The largest absolute Gasteiger partial charge is 0.456 e. The molecule has 1 aromatic rings. The molecule has 0 unspecified atom stereocenters. The van der Waals surface area contributed by atoms with E-state index in [4.69, 9.17) is 5.11 Å². The number of aliphatic hydroxyl groups is 1. The summed E-state index contributed by atoms with van der Waals surface area (Å²) < 4.78 is 41.0. The first-order valence-electron chi connectivity index (χ1n) is 4.06. The van der Waals surface area contributed by atoms with Crippen molar-refractivity contribution < 1.29 is 22.7 Å². The van der Waals surface area contributed by atoms with Gasteiger partial charge in [-0.3, -0.25) is 0 Å². The number of halogens is 3. The lowest BCUT2D eigenvalue weighted by atomic mass is 9.92. The van der Waals surface area contributed by atoms with Crippen molar-refractivity contribution in [1.29, 1.82) is 0 Å². The maximum absolute atomic E-state index is 12.1. The zero-order valence-electron chi connectivity index (χ0n) is 7.85. The zero-order valence-corrected chi connectivity index (χ0v) is 7.85. The van der Waals surface area contributed by atoms with Gasteiger partial charge in [0.25, 0.3) is 0 Å². The topological polar surface area (TPSA) is 33.4 Å². The minimum atomic E-state index is -4.47. The zero-order chi connectivity index (χ0) is 11.0. The van der Waals surface area contributed by atoms with Crippen LogP contribution in [0.15, 0.2) is 16.5 Å². The van der Waals surface area contributed by atoms with Gasteiger partial charge >= 0.3 is 6.18 Å². The van der Waals surface area contributed by atoms with Crippen LogP contribution in [0, 0.1) is 0 Å². The molecule has 2 nitrogen and oxygen atoms in total. The van der Waals surface area contributed by atoms with Gasteiger partial charge in [-0.05, 0) is 12.1 Å². The number of hydrogen-bond donors (Lipinski definition) is 1. The van der Waals surface area contributed by atoms with Crippen molar-refractivity contribution in [2.24, 2.45) is 0 Å². The van der Waals surface area contributed by atoms with Crippen molar-refractivity contribution >= 4 is 0 Å². The van der Waals surface area contributed by atoms with E-state index in [9.17, 15) is 13.2 Å². The monoisotopic (exact) mass is 208 g/mol. The summed E-state index contributed by atoms with van der Waals surface area (Å²) in [4.78, 5) is 0. The molecule has 1 aromatic heterocycles. The van der Waals surface area contributed by atoms with Gasteiger partial charge in [0.1, 0.15) is 5.76 Å². The maximum Gasteiger partial charge on any atom is 0.449 e. The van der Waals surface area contributed by atoms with Crippen molar-refractivity contribution in [3.63, 3.8) is 0 Å². The normalized spacial score (nSPS) is 13.3. The Morgan fingerprint density at radius 3 is 2.07 bits per heavy atom. The Bertz CT molecular complexity index is 312. The second-order valence-corrected chi connectivity index (χ2v) is 3.70. The quantitative estimate of drug-likeness (QED) is 0.810. The molecule has 0 aromatic carbocycles. The molecule has 0 aliphatic carbocycles. The van der Waals surface area contributed by atoms with Crippen molar-refractivity contribution in [3.05, 3.63) is 23.7 Å². The van der Waals surface area contributed by atoms with Gasteiger partial charge in [0.15, 0.2) is 0 Å². The lowest BCUT2D eigenvalue weighted by molar-refractivity contribution is -0.153. The van der Waals surface area contributed by atoms with Crippen molar-refractivity contribution in [1.82, 2.24) is 0 Å². The summed E-state index contributed by atoms with van der Waals surface area (Å²) in [7, 11) is 0. The Hall–Kier alpha value is -0.970. The van der Waals surface area contributed by atoms with Crippen molar-refractivity contribution in [2.45, 2.75) is 25.4 Å². The number of alkyl halides is 3. The molecule has 0 atom stereocenters. The Labute approximate surface area is 79.3 Å². The average molecular weight is 208 g/mol. The number of rotatable bonds is 2. The summed E-state index contributed by atoms with van der Waals surface area (Å²) >= 11 is 0. The first-order valence-corrected chi connectivity index (χ1v) is 4.06. The van der Waals surface area contributed by atoms with E-state index in [1.807, 2.05) is 0 Å². The Balaban J connectivity index is 3.00. The first kappa shape index (κ1) is 11.1. The van der Waals surface area contributed by atoms with Crippen LogP contribution in [0.3, 0.4) is 0 Å². The summed E-state index contributed by atoms with van der Waals surface area (Å²) in [6, 6.07) is 2.10. The highest BCUT2D eigenvalue weighted by molar-refractivity contribution is 5.16. The second-order valence-electron chi connectivity index (χ2n) is 3.70. The van der Waals surface area contributed by atoms with E-state index < -0.39 is 17.4 Å². The summed E-state index contributed by atoms with van der Waals surface area (Å²) in [5, 5.41) is 8.92. The Morgan fingerprint density at radius 1 is 1.21 bits per heavy atom. The molecule has 1 N–H and O–H groups in total. The highest BCUT2D eigenvalue weighted by Gasteiger charge is 2.36. The van der Waals surface area contributed by atoms with Gasteiger partial charge < -0.3 is 9.52 Å². The molecule has 5 heteroatoms. The fourth-order valence-electron chi connectivity index (χ4n) is 0.932. The van der Waals surface area contributed by atoms with Crippen LogP contribution in [-0.2, 0) is 11.6 Å². The van der Waals surface area contributed by atoms with E-state index in [1.165, 1.54) is 6.07 Å². The van der Waals surface area contributed by atoms with E-state index in [0.29, 0.717) is 0 Å². The van der Waals surface area contributed by atoms with Gasteiger partial charge in [0, 0.05) is 5.41 Å². The van der Waals surface area contributed by atoms with E-state index in [0.717, 1.165) is 6.07 Å². The molecule has 0 aliphatic rings. The van der Waals surface area contributed by atoms with Gasteiger partial charge in [-0.1, -0.05) is 13.8 Å². The molecule has 0 bridgehead atoms. The van der Waals surface area contributed by atoms with Crippen LogP contribution in [0.2, 0.25) is 0 Å². The standard InChI is InChI=1S/C9H11F3O2/c1-8(2,5-13)6-3-4-7(14-6)9(10,11)12/h3-4,13H,5H2,1-2H3. The van der Waals surface area contributed by atoms with Gasteiger partial charge in [-0.25, -0.2) is 0 Å². The van der Waals surface area contributed by atoms with Crippen LogP contribution in [0.1, 0.15) is 25.4 Å². The smallest absolute Gasteiger partial charge is 0.449 e. The molecule has 1 heterocycles. The minimum absolute atomic E-state index is 0.132. The molecule has 0 amide bonds. The van der Waals surface area contributed by atoms with E-state index in [-0.39, 0.29) is 12.4 Å². The molecule has 0 spiro atoms. The second kappa shape index (κ2) is 3.31. The summed E-state index contributed by atoms with van der Waals surface area (Å²) in [6.07, 6.45) is -4.47. The number of aliphatic hydroxyl groups excluding tert-OH is 1. The third-order valence-electron chi connectivity index (χ3n) is 1.95. The number of furan rings is 1. The van der Waals surface area contributed by atoms with Crippen LogP contribution >= 0.6 is 0 Å². The lowest BCUT2D eigenvalue weighted by Crippen LogP contribution is -2.21. The highest BCUT2D eigenvalue weighted by Crippen LogP contribution is 2.33. The molecule has 14 heavy (non-hydrogen) atoms. The van der Waals surface area contributed by atoms with E-state index in [2.05, 4.69) is 4.42 Å². The summed E-state index contributed by atoms with van der Waals surface area (Å²) in [5.74, 6) is -0.902. The first-order chi connectivity index (χ1) is 6.27. The third-order valence-corrected chi connectivity index (χ3v) is 1.95. The number of hydrogen-bond acceptors (Lipinski definition) is 2. The summed E-state index contributed by atoms with van der Waals surface area (Å²) in [5.41, 5.74) is -0.788. The molecule has 0 saturated carbocycles. The van der Waals surface area contributed by atoms with Crippen LogP contribution in [0.25, 0.3) is 0 Å². The fourth-order valence-corrected chi connectivity index (χ4v) is 0.932. The molecule has 1 rings (SSSR count). The molecular weight excluding hydrogens is 197 g/mol. The van der Waals surface area contributed by atoms with Crippen LogP contribution < -0.4 is 0 Å². The minimum Gasteiger partial charge on any atom is -0.456 e. The van der Waals surface area contributed by atoms with Crippen LogP contribution in [0.4, 0.5) is 13.2 Å². The average Bonchev–Trinajstić information content (AvgIpc) is 2.51. The SMILES string of the molecule is CC(C)(CO)c1ccc(C(F)(F)F)o1. The fraction of sp³-hybridized carbons (Fsp3) is 0.556. The van der Waals surface area contributed by atoms with E-state index in [1.54, 1.807) is 13.8 Å². The Morgan fingerprint density at radius 2 is 1.71 bits per heavy atom. The van der Waals surface area contributed by atoms with Gasteiger partial charge in [-0.2, -0.15) is 13.2 Å². The molecule has 0 fully saturated rings. The van der Waals surface area contributed by atoms with Crippen molar-refractivity contribution in [3.8, 4) is 0 Å². The summed E-state index contributed by atoms with van der Waals surface area (Å²) in [6.45, 7) is 2.94. The van der Waals surface area contributed by atoms with Crippen LogP contribution in [0.5, 0.6) is 0 Å². The van der Waals surface area contributed by atoms with Gasteiger partial charge in [0.2, 0.25) is 5.76 Å². The van der Waals surface area contributed by atoms with E-state index >= 15 is 0 Å². The highest BCUT2D eigenvalue weighted by atomic mass is 19.4. The predicted molar refractivity (Wildman–Crippen MR) is 43.8 cm³/mol. The van der Waals surface area contributed by atoms with Gasteiger partial charge in [-0.15, -0.1) is 0 Å². The molecule has 0 saturated heterocycles. The molecule has 0 aliphatic heterocycles. The van der Waals surface area contributed by atoms with Crippen LogP contribution in [-0.4, -0.2) is 11.7 Å². The maximum atomic E-state index is 12.1. The van der Waals surface area contributed by atoms with Crippen molar-refractivity contribution in [2.75, 3.05) is 6.61 Å². The lowest BCUT2D eigenvalue weighted by Gasteiger charge is -2.18. The molecular formula is C9H11F3O2. The van der Waals surface area contributed by atoms with Gasteiger partial charge in [0.05, 0.1) is 6.61 Å². The third kappa shape index (κ3) is 2.09. The molecule has 0 radical (unpaired) electrons. The predicted octanol–water partition coefficient (Wildman–Crippen LogP) is 2.57.